The summed E-state index contributed by atoms with van der Waals surface area (Å²) in [6.45, 7) is 4.29. The molecule has 3 rings (SSSR count). The van der Waals surface area contributed by atoms with Gasteiger partial charge in [-0.25, -0.2) is 0 Å². The van der Waals surface area contributed by atoms with Crippen molar-refractivity contribution in [2.24, 2.45) is 10.9 Å². The summed E-state index contributed by atoms with van der Waals surface area (Å²) in [7, 11) is 0. The third-order valence-electron chi connectivity index (χ3n) is 3.64. The monoisotopic (exact) mass is 387 g/mol. The molecule has 3 heterocycles. The molecule has 3 nitrogen and oxygen atoms in total. The van der Waals surface area contributed by atoms with Crippen molar-refractivity contribution >= 4 is 21.2 Å². The first-order chi connectivity index (χ1) is 9.31. The Labute approximate surface area is 126 Å². The zero-order valence-corrected chi connectivity index (χ0v) is 13.8. The third-order valence-corrected chi connectivity index (χ3v) is 7.53. The van der Waals surface area contributed by atoms with Gasteiger partial charge in [-0.3, -0.25) is 0 Å². The van der Waals surface area contributed by atoms with Crippen molar-refractivity contribution in [3.05, 3.63) is 30.6 Å². The summed E-state index contributed by atoms with van der Waals surface area (Å²) in [6.07, 6.45) is 5.35. The summed E-state index contributed by atoms with van der Waals surface area (Å²) >= 11 is 1.44. The van der Waals surface area contributed by atoms with Crippen molar-refractivity contribution in [2.45, 2.75) is 19.8 Å². The average molecular weight is 387 g/mol. The van der Waals surface area contributed by atoms with E-state index in [9.17, 15) is 4.79 Å². The van der Waals surface area contributed by atoms with Crippen molar-refractivity contribution in [3.63, 3.8) is 0 Å². The molecule has 0 amide bonds. The maximum absolute atomic E-state index is 11.2. The van der Waals surface area contributed by atoms with Crippen molar-refractivity contribution in [1.82, 2.24) is 5.32 Å². The van der Waals surface area contributed by atoms with E-state index in [-0.39, 0.29) is 21.2 Å². The molecule has 2 aliphatic heterocycles. The molecule has 1 aromatic heterocycles. The predicted molar refractivity (Wildman–Crippen MR) is 73.4 cm³/mol. The number of carbonyl (C=O) groups is 1. The Balaban J connectivity index is 2.22. The van der Waals surface area contributed by atoms with Gasteiger partial charge in [0.2, 0.25) is 0 Å². The molecule has 1 saturated heterocycles. The molecular weight excluding hydrogens is 371 g/mol. The normalized spacial score (nSPS) is 20.2. The summed E-state index contributed by atoms with van der Waals surface area (Å²) < 4.78 is 4.89. The van der Waals surface area contributed by atoms with E-state index < -0.39 is 0 Å². The number of nitrogens with one attached hydrogen (secondary N) is 1. The topological polar surface area (TPSA) is 41.5 Å². The molecule has 1 N–H and O–H groups in total. The first-order valence-corrected chi connectivity index (χ1v) is 9.61. The summed E-state index contributed by atoms with van der Waals surface area (Å²) in [5, 5.41) is 4.73. The van der Waals surface area contributed by atoms with Crippen molar-refractivity contribution in [2.75, 3.05) is 13.1 Å². The van der Waals surface area contributed by atoms with Crippen LogP contribution in [-0.4, -0.2) is 19.4 Å². The van der Waals surface area contributed by atoms with Crippen molar-refractivity contribution < 1.29 is 26.0 Å². The minimum atomic E-state index is -0.0963. The van der Waals surface area contributed by atoms with Gasteiger partial charge in [0.15, 0.2) is 0 Å². The molecule has 19 heavy (non-hydrogen) atoms. The SMILES string of the molecule is Cc1c(C=O)sc2c1=C(C1CCNCC1)[I-]C=CN=2. The minimum absolute atomic E-state index is 0.0963. The fourth-order valence-electron chi connectivity index (χ4n) is 2.61. The Kier molecular flexibility index (Phi) is 4.14. The van der Waals surface area contributed by atoms with Gasteiger partial charge in [0.1, 0.15) is 0 Å². The Bertz CT molecular complexity index is 641. The molecule has 0 atom stereocenters. The molecule has 2 aliphatic rings. The van der Waals surface area contributed by atoms with Gasteiger partial charge in [-0.15, -0.1) is 0 Å². The zero-order valence-electron chi connectivity index (χ0n) is 10.8. The molecule has 1 aromatic rings. The van der Waals surface area contributed by atoms with Crippen molar-refractivity contribution in [3.8, 4) is 0 Å². The fourth-order valence-corrected chi connectivity index (χ4v) is 6.60. The number of carbonyl (C=O) groups excluding carboxylic acids is 1. The maximum atomic E-state index is 11.2. The number of aldehydes is 1. The van der Waals surface area contributed by atoms with E-state index >= 15 is 0 Å². The second-order valence-corrected chi connectivity index (χ2v) is 8.31. The molecule has 0 spiro atoms. The first-order valence-electron chi connectivity index (χ1n) is 6.47. The number of nitrogens with zero attached hydrogens (tertiary/aromatic N) is 1. The van der Waals surface area contributed by atoms with E-state index in [2.05, 4.69) is 21.3 Å². The Morgan fingerprint density at radius 1 is 1.47 bits per heavy atom. The number of thiophene rings is 1. The van der Waals surface area contributed by atoms with Gasteiger partial charge in [0.25, 0.3) is 0 Å². The Morgan fingerprint density at radius 3 is 3.00 bits per heavy atom. The van der Waals surface area contributed by atoms with E-state index in [1.165, 1.54) is 29.4 Å². The van der Waals surface area contributed by atoms with Gasteiger partial charge in [0, 0.05) is 0 Å². The molecule has 0 unspecified atom stereocenters. The van der Waals surface area contributed by atoms with Crippen LogP contribution >= 0.6 is 11.3 Å². The van der Waals surface area contributed by atoms with Gasteiger partial charge >= 0.3 is 127 Å². The number of rotatable bonds is 2. The molecule has 0 radical (unpaired) electrons. The molecule has 0 bridgehead atoms. The standard InChI is InChI=1S/C14H16IN2OS/c1-9-11(8-18)19-14-12(9)13(15-4-7-17-14)10-2-5-16-6-3-10/h4,7-8,10,16H,2-3,5-6H2,1H3/q-1. The zero-order chi connectivity index (χ0) is 13.2. The van der Waals surface area contributed by atoms with Crippen LogP contribution in [0.4, 0.5) is 0 Å². The number of fused-ring (bicyclic) bond motifs is 1. The van der Waals surface area contributed by atoms with Gasteiger partial charge in [-0.2, -0.15) is 0 Å². The summed E-state index contributed by atoms with van der Waals surface area (Å²) in [5.41, 5.74) is 1.15. The number of halogens is 1. The van der Waals surface area contributed by atoms with Gasteiger partial charge in [-0.1, -0.05) is 0 Å². The summed E-state index contributed by atoms with van der Waals surface area (Å²) in [4.78, 5) is 16.5. The van der Waals surface area contributed by atoms with Gasteiger partial charge in [0.05, 0.1) is 0 Å². The molecule has 0 aliphatic carbocycles. The van der Waals surface area contributed by atoms with Gasteiger partial charge in [-0.05, 0) is 0 Å². The average Bonchev–Trinajstić information content (AvgIpc) is 2.64. The van der Waals surface area contributed by atoms with Crippen LogP contribution in [0, 0.1) is 12.8 Å². The number of hydrogen-bond acceptors (Lipinski definition) is 4. The Hall–Kier alpha value is -0.530. The van der Waals surface area contributed by atoms with E-state index in [4.69, 9.17) is 0 Å². The first kappa shape index (κ1) is 13.5. The summed E-state index contributed by atoms with van der Waals surface area (Å²) in [5.74, 6) is 0.679. The second-order valence-electron chi connectivity index (χ2n) is 4.77. The van der Waals surface area contributed by atoms with Crippen LogP contribution in [0.3, 0.4) is 0 Å². The molecule has 0 aromatic carbocycles. The number of hydrogen-bond donors (Lipinski definition) is 1. The van der Waals surface area contributed by atoms with Crippen molar-refractivity contribution in [1.29, 1.82) is 0 Å². The molecular formula is C14H16IN2OS-. The van der Waals surface area contributed by atoms with Crippen LogP contribution in [0.1, 0.15) is 28.1 Å². The van der Waals surface area contributed by atoms with Crippen LogP contribution in [-0.2, 0) is 0 Å². The van der Waals surface area contributed by atoms with Gasteiger partial charge < -0.3 is 0 Å². The third kappa shape index (κ3) is 2.55. The van der Waals surface area contributed by atoms with E-state index in [1.54, 1.807) is 3.58 Å². The Morgan fingerprint density at radius 2 is 2.26 bits per heavy atom. The van der Waals surface area contributed by atoms with E-state index in [0.717, 1.165) is 34.5 Å². The molecule has 5 heteroatoms. The second kappa shape index (κ2) is 5.85. The number of piperidine rings is 1. The van der Waals surface area contributed by atoms with Crippen LogP contribution in [0.15, 0.2) is 15.3 Å². The van der Waals surface area contributed by atoms with Crippen LogP contribution < -0.4 is 36.4 Å². The van der Waals surface area contributed by atoms with Crippen LogP contribution in [0.25, 0.3) is 3.58 Å². The molecule has 1 fully saturated rings. The molecule has 0 saturated carbocycles. The van der Waals surface area contributed by atoms with E-state index in [0.29, 0.717) is 5.92 Å². The van der Waals surface area contributed by atoms with Crippen LogP contribution in [0.5, 0.6) is 0 Å². The molecule has 102 valence electrons. The summed E-state index contributed by atoms with van der Waals surface area (Å²) in [6, 6.07) is 0. The predicted octanol–water partition coefficient (Wildman–Crippen LogP) is -1.83. The quantitative estimate of drug-likeness (QED) is 0.479. The fraction of sp³-hybridized carbons (Fsp3) is 0.429. The van der Waals surface area contributed by atoms with E-state index in [1.807, 2.05) is 6.20 Å². The van der Waals surface area contributed by atoms with Crippen LogP contribution in [0.2, 0.25) is 0 Å².